The monoisotopic (exact) mass is 458 g/mol. The van der Waals surface area contributed by atoms with E-state index >= 15 is 0 Å². The lowest BCUT2D eigenvalue weighted by Gasteiger charge is -2.16. The van der Waals surface area contributed by atoms with Crippen LogP contribution in [0.4, 0.5) is 20.5 Å². The van der Waals surface area contributed by atoms with Gasteiger partial charge in [0.15, 0.2) is 5.75 Å². The number of nitrogens with zero attached hydrogens (tertiary/aromatic N) is 4. The Hall–Kier alpha value is -3.60. The molecule has 3 N–H and O–H groups in total. The number of ether oxygens (including phenoxy) is 1. The zero-order valence-electron chi connectivity index (χ0n) is 17.9. The molecule has 0 unspecified atom stereocenters. The van der Waals surface area contributed by atoms with Crippen LogP contribution in [0, 0.1) is 0 Å². The van der Waals surface area contributed by atoms with Gasteiger partial charge in [-0.3, -0.25) is 9.36 Å². The van der Waals surface area contributed by atoms with E-state index in [1.54, 1.807) is 37.5 Å². The Bertz CT molecular complexity index is 1120. The second kappa shape index (κ2) is 9.90. The van der Waals surface area contributed by atoms with Crippen LogP contribution in [0.1, 0.15) is 37.9 Å². The minimum absolute atomic E-state index is 0.0871. The van der Waals surface area contributed by atoms with Crippen LogP contribution in [0.5, 0.6) is 5.75 Å². The number of alkyl halides is 2. The van der Waals surface area contributed by atoms with E-state index in [4.69, 9.17) is 0 Å². The number of aromatic nitrogens is 4. The Morgan fingerprint density at radius 3 is 2.45 bits per heavy atom. The van der Waals surface area contributed by atoms with Gasteiger partial charge in [-0.25, -0.2) is 15.0 Å². The number of nitrogens with one attached hydrogen (secondary N) is 2. The van der Waals surface area contributed by atoms with Gasteiger partial charge >= 0.3 is 6.61 Å². The molecule has 174 valence electrons. The molecule has 1 aliphatic rings. The van der Waals surface area contributed by atoms with Gasteiger partial charge < -0.3 is 20.5 Å². The van der Waals surface area contributed by atoms with Crippen LogP contribution in [-0.2, 0) is 0 Å². The molecule has 0 aromatic carbocycles. The Kier molecular flexibility index (Phi) is 6.78. The standard InChI is InChI=1S/C22H24F2N6O3/c1-13(31)18-3-2-8-30(20(18)32)16-6-7-19(25-10-16)28-14-4-5-15(9-14)29-22-26-11-17(12-27-22)33-21(23)24/h2-3,6-8,10-15,21,31H,4-5,9H2,1H3,(H,25,28)(H,26,27,29)/t13-,14-,15-/m0/s1. The molecule has 0 aliphatic heterocycles. The van der Waals surface area contributed by atoms with Gasteiger partial charge in [-0.2, -0.15) is 8.78 Å². The summed E-state index contributed by atoms with van der Waals surface area (Å²) in [7, 11) is 0. The quantitative estimate of drug-likeness (QED) is 0.472. The summed E-state index contributed by atoms with van der Waals surface area (Å²) in [6.45, 7) is -1.36. The number of halogens is 2. The predicted molar refractivity (Wildman–Crippen MR) is 118 cm³/mol. The third-order valence-corrected chi connectivity index (χ3v) is 5.42. The van der Waals surface area contributed by atoms with E-state index in [0.29, 0.717) is 23.0 Å². The van der Waals surface area contributed by atoms with Crippen LogP contribution in [0.15, 0.2) is 53.8 Å². The lowest BCUT2D eigenvalue weighted by molar-refractivity contribution is -0.0503. The maximum absolute atomic E-state index is 12.5. The van der Waals surface area contributed by atoms with E-state index in [-0.39, 0.29) is 23.4 Å². The predicted octanol–water partition coefficient (Wildman–Crippen LogP) is 3.12. The molecular weight excluding hydrogens is 434 g/mol. The van der Waals surface area contributed by atoms with Crippen molar-refractivity contribution in [3.8, 4) is 11.4 Å². The maximum atomic E-state index is 12.5. The number of hydrogen-bond acceptors (Lipinski definition) is 8. The summed E-state index contributed by atoms with van der Waals surface area (Å²) in [6.07, 6.45) is 7.41. The van der Waals surface area contributed by atoms with Crippen molar-refractivity contribution in [2.45, 2.75) is 51.0 Å². The summed E-state index contributed by atoms with van der Waals surface area (Å²) < 4.78 is 30.1. The zero-order chi connectivity index (χ0) is 23.4. The average Bonchev–Trinajstić information content (AvgIpc) is 3.22. The van der Waals surface area contributed by atoms with Gasteiger partial charge in [0, 0.05) is 23.8 Å². The summed E-state index contributed by atoms with van der Waals surface area (Å²) in [5.41, 5.74) is 0.649. The molecular formula is C22H24F2N6O3. The fourth-order valence-corrected chi connectivity index (χ4v) is 3.84. The zero-order valence-corrected chi connectivity index (χ0v) is 17.9. The Morgan fingerprint density at radius 2 is 1.82 bits per heavy atom. The normalized spacial score (nSPS) is 18.8. The van der Waals surface area contributed by atoms with Crippen LogP contribution in [0.2, 0.25) is 0 Å². The fourth-order valence-electron chi connectivity index (χ4n) is 3.84. The van der Waals surface area contributed by atoms with Gasteiger partial charge in [0.05, 0.1) is 30.4 Å². The molecule has 0 bridgehead atoms. The van der Waals surface area contributed by atoms with Crippen LogP contribution in [-0.4, -0.2) is 43.3 Å². The van der Waals surface area contributed by atoms with Crippen molar-refractivity contribution >= 4 is 11.8 Å². The first-order valence-corrected chi connectivity index (χ1v) is 10.5. The van der Waals surface area contributed by atoms with Crippen molar-refractivity contribution in [2.75, 3.05) is 10.6 Å². The van der Waals surface area contributed by atoms with Gasteiger partial charge in [-0.05, 0) is 50.5 Å². The van der Waals surface area contributed by atoms with Crippen molar-refractivity contribution in [1.82, 2.24) is 19.5 Å². The molecule has 3 aromatic heterocycles. The first-order chi connectivity index (χ1) is 15.9. The molecule has 0 spiro atoms. The van der Waals surface area contributed by atoms with Crippen LogP contribution in [0.3, 0.4) is 0 Å². The average molecular weight is 458 g/mol. The molecule has 0 radical (unpaired) electrons. The van der Waals surface area contributed by atoms with Crippen molar-refractivity contribution in [3.05, 3.63) is 65.0 Å². The van der Waals surface area contributed by atoms with Gasteiger partial charge in [-0.15, -0.1) is 0 Å². The number of anilines is 2. The molecule has 4 rings (SSSR count). The number of aliphatic hydroxyl groups excluding tert-OH is 1. The van der Waals surface area contributed by atoms with E-state index in [1.807, 2.05) is 6.07 Å². The number of hydrogen-bond donors (Lipinski definition) is 3. The number of pyridine rings is 2. The highest BCUT2D eigenvalue weighted by Crippen LogP contribution is 2.25. The molecule has 3 aromatic rings. The molecule has 0 saturated heterocycles. The second-order valence-electron chi connectivity index (χ2n) is 7.83. The Balaban J connectivity index is 1.33. The SMILES string of the molecule is C[C@H](O)c1cccn(-c2ccc(N[C@H]3CC[C@H](Nc4ncc(OC(F)F)cn4)C3)nc2)c1=O. The Morgan fingerprint density at radius 1 is 1.09 bits per heavy atom. The summed E-state index contributed by atoms with van der Waals surface area (Å²) >= 11 is 0. The van der Waals surface area contributed by atoms with Crippen LogP contribution in [0.25, 0.3) is 5.69 Å². The molecule has 11 heteroatoms. The molecule has 3 heterocycles. The molecule has 1 fully saturated rings. The second-order valence-corrected chi connectivity index (χ2v) is 7.83. The van der Waals surface area contributed by atoms with E-state index in [0.717, 1.165) is 19.3 Å². The summed E-state index contributed by atoms with van der Waals surface area (Å²) in [6, 6.07) is 7.24. The molecule has 0 amide bonds. The highest BCUT2D eigenvalue weighted by molar-refractivity contribution is 5.42. The molecule has 9 nitrogen and oxygen atoms in total. The number of rotatable bonds is 8. The summed E-state index contributed by atoms with van der Waals surface area (Å²) in [4.78, 5) is 25.0. The largest absolute Gasteiger partial charge is 0.432 e. The van der Waals surface area contributed by atoms with Gasteiger partial charge in [-0.1, -0.05) is 0 Å². The smallest absolute Gasteiger partial charge is 0.387 e. The van der Waals surface area contributed by atoms with Crippen molar-refractivity contribution in [2.24, 2.45) is 0 Å². The van der Waals surface area contributed by atoms with Gasteiger partial charge in [0.2, 0.25) is 5.95 Å². The van der Waals surface area contributed by atoms with Crippen LogP contribution < -0.4 is 20.9 Å². The summed E-state index contributed by atoms with van der Waals surface area (Å²) in [5.74, 6) is 0.958. The lowest BCUT2D eigenvalue weighted by Crippen LogP contribution is -2.23. The third-order valence-electron chi connectivity index (χ3n) is 5.42. The fraction of sp³-hybridized carbons (Fsp3) is 0.364. The van der Waals surface area contributed by atoms with Crippen molar-refractivity contribution in [1.29, 1.82) is 0 Å². The third kappa shape index (κ3) is 5.61. The summed E-state index contributed by atoms with van der Waals surface area (Å²) in [5, 5.41) is 16.3. The molecule has 1 aliphatic carbocycles. The van der Waals surface area contributed by atoms with E-state index < -0.39 is 12.7 Å². The van der Waals surface area contributed by atoms with Crippen molar-refractivity contribution in [3.63, 3.8) is 0 Å². The maximum Gasteiger partial charge on any atom is 0.387 e. The van der Waals surface area contributed by atoms with E-state index in [2.05, 4.69) is 30.3 Å². The van der Waals surface area contributed by atoms with Crippen LogP contribution >= 0.6 is 0 Å². The molecule has 1 saturated carbocycles. The van der Waals surface area contributed by atoms with E-state index in [9.17, 15) is 18.7 Å². The van der Waals surface area contributed by atoms with E-state index in [1.165, 1.54) is 17.0 Å². The minimum atomic E-state index is -2.91. The highest BCUT2D eigenvalue weighted by atomic mass is 19.3. The lowest BCUT2D eigenvalue weighted by atomic mass is 10.2. The topological polar surface area (TPSA) is 114 Å². The van der Waals surface area contributed by atoms with Gasteiger partial charge in [0.1, 0.15) is 5.82 Å². The van der Waals surface area contributed by atoms with Crippen molar-refractivity contribution < 1.29 is 18.6 Å². The Labute approximate surface area is 188 Å². The number of aliphatic hydroxyl groups is 1. The first kappa shape index (κ1) is 22.6. The highest BCUT2D eigenvalue weighted by Gasteiger charge is 2.25. The molecule has 3 atom stereocenters. The first-order valence-electron chi connectivity index (χ1n) is 10.5. The molecule has 33 heavy (non-hydrogen) atoms. The van der Waals surface area contributed by atoms with Gasteiger partial charge in [0.25, 0.3) is 5.56 Å². The minimum Gasteiger partial charge on any atom is -0.432 e.